The van der Waals surface area contributed by atoms with Crippen LogP contribution in [0.1, 0.15) is 12.7 Å². The van der Waals surface area contributed by atoms with Gasteiger partial charge >= 0.3 is 0 Å². The van der Waals surface area contributed by atoms with Crippen molar-refractivity contribution < 1.29 is 44.5 Å². The van der Waals surface area contributed by atoms with E-state index in [0.29, 0.717) is 6.42 Å². The molecule has 27 heavy (non-hydrogen) atoms. The van der Waals surface area contributed by atoms with Crippen LogP contribution in [0.3, 0.4) is 0 Å². The summed E-state index contributed by atoms with van der Waals surface area (Å²) in [6, 6.07) is 2.06. The van der Waals surface area contributed by atoms with Crippen LogP contribution in [-0.2, 0) is 11.2 Å². The van der Waals surface area contributed by atoms with E-state index < -0.39 is 60.0 Å². The van der Waals surface area contributed by atoms with Crippen molar-refractivity contribution in [1.82, 2.24) is 0 Å². The highest BCUT2D eigenvalue weighted by Gasteiger charge is 2.45. The summed E-state index contributed by atoms with van der Waals surface area (Å²) in [5, 5.41) is 58.9. The molecule has 10 heteroatoms. The molecule has 2 aromatic rings. The maximum absolute atomic E-state index is 12.2. The van der Waals surface area contributed by atoms with Crippen molar-refractivity contribution in [3.05, 3.63) is 28.1 Å². The molecule has 0 bridgehead atoms. The van der Waals surface area contributed by atoms with Crippen molar-refractivity contribution in [2.75, 3.05) is 6.61 Å². The Kier molecular flexibility index (Phi) is 5.27. The number of fused-ring (bicyclic) bond motifs is 1. The van der Waals surface area contributed by atoms with Gasteiger partial charge < -0.3 is 44.5 Å². The van der Waals surface area contributed by atoms with Gasteiger partial charge in [0.15, 0.2) is 16.8 Å². The Labute approximate surface area is 152 Å². The van der Waals surface area contributed by atoms with Gasteiger partial charge in [-0.2, -0.15) is 0 Å². The highest BCUT2D eigenvalue weighted by atomic mass is 16.7. The topological polar surface area (TPSA) is 170 Å². The molecule has 10 nitrogen and oxygen atoms in total. The van der Waals surface area contributed by atoms with Crippen LogP contribution in [0.4, 0.5) is 0 Å². The van der Waals surface area contributed by atoms with Crippen molar-refractivity contribution in [2.24, 2.45) is 0 Å². The predicted octanol–water partition coefficient (Wildman–Crippen LogP) is -1.05. The van der Waals surface area contributed by atoms with E-state index in [9.17, 15) is 35.4 Å². The van der Waals surface area contributed by atoms with Crippen molar-refractivity contribution in [3.63, 3.8) is 0 Å². The lowest BCUT2D eigenvalue weighted by molar-refractivity contribution is -0.277. The van der Waals surface area contributed by atoms with Crippen molar-refractivity contribution in [1.29, 1.82) is 0 Å². The van der Waals surface area contributed by atoms with Gasteiger partial charge in [0.05, 0.1) is 6.61 Å². The summed E-state index contributed by atoms with van der Waals surface area (Å²) >= 11 is 0. The lowest BCUT2D eigenvalue weighted by atomic mass is 9.99. The summed E-state index contributed by atoms with van der Waals surface area (Å²) in [7, 11) is 0. The van der Waals surface area contributed by atoms with Crippen LogP contribution in [0.2, 0.25) is 0 Å². The average Bonchev–Trinajstić information content (AvgIpc) is 2.64. The number of phenols is 2. The Hall–Kier alpha value is -2.37. The first-order valence-electron chi connectivity index (χ1n) is 8.27. The maximum atomic E-state index is 12.2. The number of rotatable bonds is 4. The number of aromatic hydroxyl groups is 2. The van der Waals surface area contributed by atoms with E-state index in [1.165, 1.54) is 6.07 Å². The minimum Gasteiger partial charge on any atom is -0.507 e. The first kappa shape index (κ1) is 19.4. The molecule has 1 fully saturated rings. The normalized spacial score (nSPS) is 28.4. The van der Waals surface area contributed by atoms with Gasteiger partial charge in [-0.3, -0.25) is 4.79 Å². The molecule has 6 N–H and O–H groups in total. The Morgan fingerprint density at radius 3 is 2.41 bits per heavy atom. The molecule has 1 aromatic carbocycles. The second-order valence-corrected chi connectivity index (χ2v) is 6.19. The number of hydrogen-bond acceptors (Lipinski definition) is 10. The molecular weight excluding hydrogens is 364 g/mol. The van der Waals surface area contributed by atoms with Crippen molar-refractivity contribution in [3.8, 4) is 17.2 Å². The summed E-state index contributed by atoms with van der Waals surface area (Å²) in [6.45, 7) is 1.06. The number of hydrogen-bond donors (Lipinski definition) is 6. The fourth-order valence-corrected chi connectivity index (χ4v) is 2.90. The van der Waals surface area contributed by atoms with E-state index in [4.69, 9.17) is 13.9 Å². The summed E-state index contributed by atoms with van der Waals surface area (Å²) in [6.07, 6.45) is -7.48. The van der Waals surface area contributed by atoms with Crippen LogP contribution in [0.25, 0.3) is 11.0 Å². The number of aliphatic hydroxyl groups is 4. The van der Waals surface area contributed by atoms with Crippen LogP contribution >= 0.6 is 0 Å². The van der Waals surface area contributed by atoms with Gasteiger partial charge in [-0.05, 0) is 0 Å². The number of benzene rings is 1. The van der Waals surface area contributed by atoms with Gasteiger partial charge in [0.1, 0.15) is 41.3 Å². The molecule has 3 rings (SSSR count). The van der Waals surface area contributed by atoms with Gasteiger partial charge in [0.25, 0.3) is 0 Å². The third kappa shape index (κ3) is 3.33. The van der Waals surface area contributed by atoms with E-state index in [-0.39, 0.29) is 16.7 Å². The van der Waals surface area contributed by atoms with E-state index in [0.717, 1.165) is 6.07 Å². The first-order valence-corrected chi connectivity index (χ1v) is 8.27. The van der Waals surface area contributed by atoms with Crippen LogP contribution in [-0.4, -0.2) is 68.0 Å². The first-order chi connectivity index (χ1) is 12.8. The molecule has 5 atom stereocenters. The molecule has 1 saturated heterocycles. The summed E-state index contributed by atoms with van der Waals surface area (Å²) in [5.74, 6) is -1.27. The fourth-order valence-electron chi connectivity index (χ4n) is 2.90. The molecule has 2 heterocycles. The molecule has 0 saturated carbocycles. The Balaban J connectivity index is 2.09. The monoisotopic (exact) mass is 384 g/mol. The molecule has 0 spiro atoms. The Morgan fingerprint density at radius 1 is 1.07 bits per heavy atom. The fraction of sp³-hybridized carbons (Fsp3) is 0.471. The smallest absolute Gasteiger partial charge is 0.229 e. The molecule has 0 amide bonds. The SMILES string of the molecule is CCc1cc(=O)c2c(O)cc(O)c(OC3OC(CO)C(O)C(O)C3O)c2o1. The summed E-state index contributed by atoms with van der Waals surface area (Å²) < 4.78 is 16.2. The zero-order chi connectivity index (χ0) is 19.9. The van der Waals surface area contributed by atoms with Crippen molar-refractivity contribution >= 4 is 11.0 Å². The minimum absolute atomic E-state index is 0.246. The molecule has 1 aliphatic heterocycles. The highest BCUT2D eigenvalue weighted by molar-refractivity contribution is 5.90. The van der Waals surface area contributed by atoms with E-state index in [1.54, 1.807) is 6.92 Å². The van der Waals surface area contributed by atoms with Gasteiger partial charge in [-0.25, -0.2) is 0 Å². The summed E-state index contributed by atoms with van der Waals surface area (Å²) in [5.41, 5.74) is -0.835. The zero-order valence-corrected chi connectivity index (χ0v) is 14.3. The molecule has 1 aromatic heterocycles. The minimum atomic E-state index is -1.73. The maximum Gasteiger partial charge on any atom is 0.229 e. The molecular formula is C17H20O10. The van der Waals surface area contributed by atoms with Crippen LogP contribution in [0, 0.1) is 0 Å². The number of ether oxygens (including phenoxy) is 2. The summed E-state index contributed by atoms with van der Waals surface area (Å²) in [4.78, 5) is 12.2. The predicted molar refractivity (Wildman–Crippen MR) is 89.6 cm³/mol. The van der Waals surface area contributed by atoms with Gasteiger partial charge in [-0.1, -0.05) is 6.92 Å². The Bertz CT molecular complexity index is 889. The van der Waals surface area contributed by atoms with Gasteiger partial charge in [0.2, 0.25) is 12.0 Å². The second-order valence-electron chi connectivity index (χ2n) is 6.19. The number of aryl methyl sites for hydroxylation is 1. The third-order valence-electron chi connectivity index (χ3n) is 4.40. The second kappa shape index (κ2) is 7.33. The average molecular weight is 384 g/mol. The van der Waals surface area contributed by atoms with Crippen LogP contribution in [0.15, 0.2) is 21.3 Å². The van der Waals surface area contributed by atoms with Crippen LogP contribution in [0.5, 0.6) is 17.2 Å². The molecule has 1 aliphatic rings. The molecule has 148 valence electrons. The lowest BCUT2D eigenvalue weighted by Crippen LogP contribution is -2.60. The van der Waals surface area contributed by atoms with E-state index in [1.807, 2.05) is 0 Å². The third-order valence-corrected chi connectivity index (χ3v) is 4.40. The lowest BCUT2D eigenvalue weighted by Gasteiger charge is -2.39. The van der Waals surface area contributed by atoms with Gasteiger partial charge in [0, 0.05) is 18.6 Å². The van der Waals surface area contributed by atoms with E-state index >= 15 is 0 Å². The Morgan fingerprint density at radius 2 is 1.78 bits per heavy atom. The zero-order valence-electron chi connectivity index (χ0n) is 14.3. The van der Waals surface area contributed by atoms with Crippen molar-refractivity contribution in [2.45, 2.75) is 44.1 Å². The molecule has 5 unspecified atom stereocenters. The van der Waals surface area contributed by atoms with Gasteiger partial charge in [-0.15, -0.1) is 0 Å². The number of phenolic OH excluding ortho intramolecular Hbond substituents is 2. The van der Waals surface area contributed by atoms with E-state index in [2.05, 4.69) is 0 Å². The quantitative estimate of drug-likeness (QED) is 0.382. The standard InChI is InChI=1S/C17H20O10/c1-2-6-3-7(19)11-8(20)4-9(21)15(16(11)25-6)27-17-14(24)13(23)12(22)10(5-18)26-17/h3-4,10,12-14,17-18,20-24H,2,5H2,1H3. The number of aliphatic hydroxyl groups excluding tert-OH is 4. The largest absolute Gasteiger partial charge is 0.507 e. The molecule has 0 aliphatic carbocycles. The molecule has 0 radical (unpaired) electrons. The van der Waals surface area contributed by atoms with Crippen LogP contribution < -0.4 is 10.2 Å². The highest BCUT2D eigenvalue weighted by Crippen LogP contribution is 2.41.